The van der Waals surface area contributed by atoms with E-state index in [1.165, 1.54) is 193 Å². The summed E-state index contributed by atoms with van der Waals surface area (Å²) in [5.41, 5.74) is 0. The van der Waals surface area contributed by atoms with Gasteiger partial charge in [0.1, 0.15) is 0 Å². The highest BCUT2D eigenvalue weighted by Crippen LogP contribution is 2.19. The van der Waals surface area contributed by atoms with Crippen LogP contribution in [0.1, 0.15) is 219 Å². The van der Waals surface area contributed by atoms with Crippen LogP contribution in [0.5, 0.6) is 0 Å². The van der Waals surface area contributed by atoms with Crippen LogP contribution in [0.3, 0.4) is 0 Å². The molecule has 0 unspecified atom stereocenters. The van der Waals surface area contributed by atoms with E-state index in [-0.39, 0.29) is 12.1 Å². The molecule has 0 rings (SSSR count). The summed E-state index contributed by atoms with van der Waals surface area (Å²) in [6, 6.07) is -0.113. The quantitative estimate of drug-likeness (QED) is 0.0371. The van der Waals surface area contributed by atoms with Crippen molar-refractivity contribution in [1.29, 1.82) is 0 Å². The summed E-state index contributed by atoms with van der Waals surface area (Å²) in [5, 5.41) is 11.9. The van der Waals surface area contributed by atoms with Gasteiger partial charge in [-0.25, -0.2) is 9.59 Å². The van der Waals surface area contributed by atoms with Crippen LogP contribution in [-0.4, -0.2) is 49.7 Å². The maximum Gasteiger partial charge on any atom is 0.314 e. The molecule has 0 aromatic rings. The van der Waals surface area contributed by atoms with Gasteiger partial charge in [-0.3, -0.25) is 0 Å². The number of nitrogens with one attached hydrogen (secondary N) is 4. The number of amides is 4. The lowest BCUT2D eigenvalue weighted by molar-refractivity contribution is 0.240. The second kappa shape index (κ2) is 44.4. The van der Waals surface area contributed by atoms with Crippen molar-refractivity contribution < 1.29 is 9.59 Å². The highest BCUT2D eigenvalue weighted by atomic mass is 33.1. The molecule has 0 bridgehead atoms. The van der Waals surface area contributed by atoms with E-state index in [0.717, 1.165) is 37.4 Å². The highest BCUT2D eigenvalue weighted by molar-refractivity contribution is 8.76. The maximum absolute atomic E-state index is 12.0. The molecule has 4 amide bonds. The van der Waals surface area contributed by atoms with Gasteiger partial charge in [0.15, 0.2) is 0 Å². The lowest BCUT2D eigenvalue weighted by Gasteiger charge is -2.08. The van der Waals surface area contributed by atoms with E-state index >= 15 is 0 Å². The second-order valence-corrected chi connectivity index (χ2v) is 17.3. The molecule has 4 N–H and O–H groups in total. The molecular formula is C42H86N4O2S2. The minimum absolute atomic E-state index is 0.0563. The Morgan fingerprint density at radius 2 is 0.500 bits per heavy atom. The largest absolute Gasteiger partial charge is 0.338 e. The van der Waals surface area contributed by atoms with Crippen molar-refractivity contribution in [2.75, 3.05) is 37.7 Å². The molecule has 0 saturated heterocycles. The zero-order valence-corrected chi connectivity index (χ0v) is 35.1. The lowest BCUT2D eigenvalue weighted by Crippen LogP contribution is -2.37. The fourth-order valence-corrected chi connectivity index (χ4v) is 8.22. The van der Waals surface area contributed by atoms with Gasteiger partial charge >= 0.3 is 12.1 Å². The topological polar surface area (TPSA) is 82.3 Å². The molecule has 0 aliphatic rings. The summed E-state index contributed by atoms with van der Waals surface area (Å²) >= 11 is 0. The summed E-state index contributed by atoms with van der Waals surface area (Å²) in [4.78, 5) is 24.0. The summed E-state index contributed by atoms with van der Waals surface area (Å²) in [5.74, 6) is 1.73. The van der Waals surface area contributed by atoms with Crippen molar-refractivity contribution in [3.8, 4) is 0 Å². The molecule has 0 aromatic carbocycles. The highest BCUT2D eigenvalue weighted by Gasteiger charge is 2.02. The summed E-state index contributed by atoms with van der Waals surface area (Å²) in [6.45, 7) is 7.42. The van der Waals surface area contributed by atoms with Gasteiger partial charge in [-0.15, -0.1) is 0 Å². The molecule has 50 heavy (non-hydrogen) atoms. The van der Waals surface area contributed by atoms with Crippen molar-refractivity contribution >= 4 is 33.7 Å². The molecule has 0 spiro atoms. The molecule has 8 heteroatoms. The van der Waals surface area contributed by atoms with Crippen LogP contribution in [0.15, 0.2) is 0 Å². The molecule has 0 aliphatic heterocycles. The average molecular weight is 743 g/mol. The van der Waals surface area contributed by atoms with Gasteiger partial charge in [0.2, 0.25) is 0 Å². The van der Waals surface area contributed by atoms with Gasteiger partial charge in [0, 0.05) is 37.7 Å². The Bertz CT molecular complexity index is 630. The molecular weight excluding hydrogens is 657 g/mol. The van der Waals surface area contributed by atoms with Crippen molar-refractivity contribution in [3.63, 3.8) is 0 Å². The smallest absolute Gasteiger partial charge is 0.314 e. The number of carbonyl (C=O) groups is 2. The number of unbranched alkanes of at least 4 members (excludes halogenated alkanes) is 30. The van der Waals surface area contributed by atoms with E-state index in [1.807, 2.05) is 0 Å². The summed E-state index contributed by atoms with van der Waals surface area (Å²) < 4.78 is 0. The minimum Gasteiger partial charge on any atom is -0.338 e. The first kappa shape index (κ1) is 49.2. The Balaban J connectivity index is 3.23. The van der Waals surface area contributed by atoms with Gasteiger partial charge in [-0.05, 0) is 12.8 Å². The zero-order chi connectivity index (χ0) is 36.3. The van der Waals surface area contributed by atoms with Crippen LogP contribution in [0.2, 0.25) is 0 Å². The van der Waals surface area contributed by atoms with E-state index in [0.29, 0.717) is 13.1 Å². The minimum atomic E-state index is -0.0563. The van der Waals surface area contributed by atoms with E-state index in [4.69, 9.17) is 0 Å². The first-order valence-electron chi connectivity index (χ1n) is 22.0. The predicted octanol–water partition coefficient (Wildman–Crippen LogP) is 13.5. The Morgan fingerprint density at radius 3 is 0.740 bits per heavy atom. The van der Waals surface area contributed by atoms with Crippen LogP contribution < -0.4 is 21.3 Å². The van der Waals surface area contributed by atoms with Gasteiger partial charge in [-0.1, -0.05) is 228 Å². The fraction of sp³-hybridized carbons (Fsp3) is 0.952. The van der Waals surface area contributed by atoms with Gasteiger partial charge in [-0.2, -0.15) is 0 Å². The number of hydrogen-bond donors (Lipinski definition) is 4. The number of urea groups is 2. The maximum atomic E-state index is 12.0. The van der Waals surface area contributed by atoms with Gasteiger partial charge in [0.05, 0.1) is 0 Å². The molecule has 0 aliphatic carbocycles. The van der Waals surface area contributed by atoms with E-state index < -0.39 is 0 Å². The third-order valence-electron chi connectivity index (χ3n) is 9.66. The average Bonchev–Trinajstić information content (AvgIpc) is 3.12. The molecule has 0 radical (unpaired) electrons. The molecule has 0 aromatic heterocycles. The molecule has 0 atom stereocenters. The second-order valence-electron chi connectivity index (χ2n) is 14.6. The predicted molar refractivity (Wildman–Crippen MR) is 227 cm³/mol. The van der Waals surface area contributed by atoms with Crippen LogP contribution in [-0.2, 0) is 0 Å². The fourth-order valence-electron chi connectivity index (χ4n) is 6.41. The first-order chi connectivity index (χ1) is 24.7. The normalized spacial score (nSPS) is 11.2. The van der Waals surface area contributed by atoms with Gasteiger partial charge in [0.25, 0.3) is 0 Å². The number of rotatable bonds is 41. The monoisotopic (exact) mass is 743 g/mol. The van der Waals surface area contributed by atoms with Crippen LogP contribution >= 0.6 is 21.6 Å². The van der Waals surface area contributed by atoms with Crippen molar-refractivity contribution in [1.82, 2.24) is 21.3 Å². The Morgan fingerprint density at radius 1 is 0.300 bits per heavy atom. The first-order valence-corrected chi connectivity index (χ1v) is 24.5. The molecule has 0 saturated carbocycles. The van der Waals surface area contributed by atoms with Crippen LogP contribution in [0.25, 0.3) is 0 Å². The Kier molecular flexibility index (Phi) is 43.7. The molecule has 298 valence electrons. The van der Waals surface area contributed by atoms with Gasteiger partial charge < -0.3 is 21.3 Å². The third-order valence-corrected chi connectivity index (χ3v) is 12.1. The zero-order valence-electron chi connectivity index (χ0n) is 33.5. The van der Waals surface area contributed by atoms with Crippen molar-refractivity contribution in [2.24, 2.45) is 0 Å². The van der Waals surface area contributed by atoms with E-state index in [9.17, 15) is 9.59 Å². The van der Waals surface area contributed by atoms with Crippen LogP contribution in [0.4, 0.5) is 9.59 Å². The third kappa shape index (κ3) is 43.4. The lowest BCUT2D eigenvalue weighted by atomic mass is 10.0. The molecule has 0 heterocycles. The van der Waals surface area contributed by atoms with Crippen LogP contribution in [0, 0.1) is 0 Å². The van der Waals surface area contributed by atoms with Crippen molar-refractivity contribution in [2.45, 2.75) is 219 Å². The molecule has 6 nitrogen and oxygen atoms in total. The SMILES string of the molecule is CCCCCCCCCCCCCCCCCCNC(=O)NCCSSCCNC(=O)NCCCCCCCCCCCCCCCCCC. The van der Waals surface area contributed by atoms with E-state index in [2.05, 4.69) is 35.1 Å². The van der Waals surface area contributed by atoms with E-state index in [1.54, 1.807) is 21.6 Å². The summed E-state index contributed by atoms with van der Waals surface area (Å²) in [7, 11) is 3.48. The number of hydrogen-bond acceptors (Lipinski definition) is 4. The Labute approximate surface area is 320 Å². The summed E-state index contributed by atoms with van der Waals surface area (Å²) in [6.07, 6.45) is 43.6. The molecule has 0 fully saturated rings. The standard InChI is InChI=1S/C42H86N4O2S2/c1-3-5-7-9-11-13-15-17-19-21-23-25-27-29-31-33-35-43-41(47)45-37-39-49-50-40-38-46-42(48)44-36-34-32-30-28-26-24-22-20-18-16-14-12-10-8-6-4-2/h3-40H2,1-2H3,(H2,43,45,47)(H2,44,46,48). The number of carbonyl (C=O) groups excluding carboxylic acids is 2. The van der Waals surface area contributed by atoms with Crippen molar-refractivity contribution in [3.05, 3.63) is 0 Å². The Hall–Kier alpha value is -0.760.